The number of methoxy groups -OCH3 is 2. The number of ether oxygens (including phenoxy) is 2. The van der Waals surface area contributed by atoms with Crippen LogP contribution in [0.1, 0.15) is 26.2 Å². The lowest BCUT2D eigenvalue weighted by atomic mass is 10.0. The van der Waals surface area contributed by atoms with Gasteiger partial charge in [-0.05, 0) is 31.6 Å². The fraction of sp³-hybridized carbons (Fsp3) is 0.769. The van der Waals surface area contributed by atoms with Gasteiger partial charge in [-0.3, -0.25) is 0 Å². The van der Waals surface area contributed by atoms with E-state index < -0.39 is 0 Å². The molecule has 1 rings (SSSR count). The van der Waals surface area contributed by atoms with Gasteiger partial charge in [0.05, 0.1) is 7.11 Å². The summed E-state index contributed by atoms with van der Waals surface area (Å²) in [5.41, 5.74) is 1.10. The van der Waals surface area contributed by atoms with Gasteiger partial charge in [0.15, 0.2) is 0 Å². The molecule has 17 heavy (non-hydrogen) atoms. The van der Waals surface area contributed by atoms with Crippen LogP contribution in [0.4, 0.5) is 0 Å². The molecule has 0 saturated heterocycles. The Labute approximate surface area is 103 Å². The van der Waals surface area contributed by atoms with Crippen LogP contribution in [0.5, 0.6) is 0 Å². The van der Waals surface area contributed by atoms with Crippen molar-refractivity contribution in [3.63, 3.8) is 0 Å². The van der Waals surface area contributed by atoms with E-state index in [0.29, 0.717) is 11.0 Å². The Morgan fingerprint density at radius 2 is 2.12 bits per heavy atom. The molecule has 0 atom stereocenters. The highest BCUT2D eigenvalue weighted by Crippen LogP contribution is 2.48. The Morgan fingerprint density at radius 1 is 1.41 bits per heavy atom. The van der Waals surface area contributed by atoms with Crippen molar-refractivity contribution in [2.45, 2.75) is 26.2 Å². The molecule has 4 nitrogen and oxygen atoms in total. The summed E-state index contributed by atoms with van der Waals surface area (Å²) >= 11 is 0. The second kappa shape index (κ2) is 6.77. The van der Waals surface area contributed by atoms with E-state index in [1.807, 2.05) is 6.08 Å². The van der Waals surface area contributed by atoms with Crippen LogP contribution >= 0.6 is 0 Å². The highest BCUT2D eigenvalue weighted by Gasteiger charge is 2.41. The molecule has 0 unspecified atom stereocenters. The molecule has 1 aliphatic rings. The fourth-order valence-corrected chi connectivity index (χ4v) is 1.82. The third-order valence-corrected chi connectivity index (χ3v) is 3.35. The van der Waals surface area contributed by atoms with Crippen LogP contribution in [0, 0.1) is 5.41 Å². The van der Waals surface area contributed by atoms with Crippen molar-refractivity contribution in [3.05, 3.63) is 11.6 Å². The van der Waals surface area contributed by atoms with Crippen molar-refractivity contribution in [1.82, 2.24) is 5.32 Å². The molecule has 0 aliphatic heterocycles. The molecule has 4 heteroatoms. The van der Waals surface area contributed by atoms with Gasteiger partial charge in [0.1, 0.15) is 0 Å². The van der Waals surface area contributed by atoms with Gasteiger partial charge in [0.2, 0.25) is 0 Å². The van der Waals surface area contributed by atoms with E-state index in [0.717, 1.165) is 26.1 Å². The third-order valence-electron chi connectivity index (χ3n) is 3.35. The highest BCUT2D eigenvalue weighted by molar-refractivity contribution is 5.87. The Balaban J connectivity index is 2.18. The van der Waals surface area contributed by atoms with Gasteiger partial charge in [-0.15, -0.1) is 0 Å². The second-order valence-corrected chi connectivity index (χ2v) is 4.75. The number of nitrogens with one attached hydrogen (secondary N) is 1. The lowest BCUT2D eigenvalue weighted by Crippen LogP contribution is -2.25. The average Bonchev–Trinajstić information content (AvgIpc) is 3.11. The van der Waals surface area contributed by atoms with E-state index >= 15 is 0 Å². The Kier molecular flexibility index (Phi) is 5.65. The minimum absolute atomic E-state index is 0.257. The summed E-state index contributed by atoms with van der Waals surface area (Å²) in [6.45, 7) is 4.32. The largest absolute Gasteiger partial charge is 0.466 e. The summed E-state index contributed by atoms with van der Waals surface area (Å²) in [5, 5.41) is 3.37. The number of rotatable bonds is 8. The van der Waals surface area contributed by atoms with Crippen molar-refractivity contribution in [3.8, 4) is 0 Å². The first-order valence-electron chi connectivity index (χ1n) is 6.08. The molecular weight excluding hydrogens is 218 g/mol. The quantitative estimate of drug-likeness (QED) is 0.397. The Bertz CT molecular complexity index is 282. The van der Waals surface area contributed by atoms with Gasteiger partial charge in [-0.2, -0.15) is 0 Å². The monoisotopic (exact) mass is 241 g/mol. The maximum Gasteiger partial charge on any atom is 0.333 e. The van der Waals surface area contributed by atoms with Crippen LogP contribution in [0.2, 0.25) is 0 Å². The Hall–Kier alpha value is -0.870. The molecule has 0 aromatic rings. The van der Waals surface area contributed by atoms with Crippen molar-refractivity contribution in [1.29, 1.82) is 0 Å². The van der Waals surface area contributed by atoms with E-state index in [1.54, 1.807) is 14.0 Å². The molecule has 0 spiro atoms. The average molecular weight is 241 g/mol. The molecule has 0 amide bonds. The van der Waals surface area contributed by atoms with Gasteiger partial charge in [0, 0.05) is 32.4 Å². The normalized spacial score (nSPS) is 17.9. The van der Waals surface area contributed by atoms with Crippen LogP contribution in [0.25, 0.3) is 0 Å². The molecule has 0 aromatic heterocycles. The number of carbonyl (C=O) groups excluding carboxylic acids is 1. The molecule has 1 saturated carbocycles. The molecule has 0 aromatic carbocycles. The van der Waals surface area contributed by atoms with Crippen LogP contribution < -0.4 is 5.32 Å². The van der Waals surface area contributed by atoms with Crippen LogP contribution in [0.3, 0.4) is 0 Å². The van der Waals surface area contributed by atoms with E-state index in [4.69, 9.17) is 4.74 Å². The minimum atomic E-state index is -0.257. The highest BCUT2D eigenvalue weighted by atomic mass is 16.5. The number of esters is 1. The molecule has 0 radical (unpaired) electrons. The smallest absolute Gasteiger partial charge is 0.333 e. The summed E-state index contributed by atoms with van der Waals surface area (Å²) in [4.78, 5) is 11.1. The lowest BCUT2D eigenvalue weighted by Gasteiger charge is -2.14. The van der Waals surface area contributed by atoms with Gasteiger partial charge in [-0.1, -0.05) is 6.08 Å². The van der Waals surface area contributed by atoms with E-state index in [2.05, 4.69) is 10.1 Å². The molecule has 98 valence electrons. The van der Waals surface area contributed by atoms with Crippen LogP contribution in [0.15, 0.2) is 11.6 Å². The van der Waals surface area contributed by atoms with Gasteiger partial charge in [-0.25, -0.2) is 4.79 Å². The lowest BCUT2D eigenvalue weighted by molar-refractivity contribution is -0.136. The molecule has 1 aliphatic carbocycles. The van der Waals surface area contributed by atoms with Crippen molar-refractivity contribution < 1.29 is 14.3 Å². The Morgan fingerprint density at radius 3 is 2.65 bits per heavy atom. The predicted molar refractivity (Wildman–Crippen MR) is 66.8 cm³/mol. The summed E-state index contributed by atoms with van der Waals surface area (Å²) in [6.07, 6.45) is 5.56. The van der Waals surface area contributed by atoms with E-state index in [-0.39, 0.29) is 5.97 Å². The van der Waals surface area contributed by atoms with E-state index in [1.165, 1.54) is 20.0 Å². The number of carbonyl (C=O) groups is 1. The first-order chi connectivity index (χ1) is 8.13. The van der Waals surface area contributed by atoms with Gasteiger partial charge in [0.25, 0.3) is 0 Å². The zero-order valence-corrected chi connectivity index (χ0v) is 11.0. The maximum absolute atomic E-state index is 11.1. The van der Waals surface area contributed by atoms with Crippen LogP contribution in [-0.4, -0.2) is 39.9 Å². The van der Waals surface area contributed by atoms with Crippen LogP contribution in [-0.2, 0) is 14.3 Å². The predicted octanol–water partition coefficient (Wildman–Crippen LogP) is 1.51. The zero-order valence-electron chi connectivity index (χ0n) is 11.0. The van der Waals surface area contributed by atoms with Crippen molar-refractivity contribution >= 4 is 5.97 Å². The van der Waals surface area contributed by atoms with Gasteiger partial charge < -0.3 is 14.8 Å². The molecule has 1 N–H and O–H groups in total. The standard InChI is InChI=1S/C13H23NO3/c1-11(12(15)17-3)4-8-14-10-13(5-6-13)7-9-16-2/h4,14H,5-10H2,1-3H3/b11-4-. The number of hydrogen-bond donors (Lipinski definition) is 1. The topological polar surface area (TPSA) is 47.6 Å². The molecule has 1 fully saturated rings. The zero-order chi connectivity index (χ0) is 12.7. The number of hydrogen-bond acceptors (Lipinski definition) is 4. The maximum atomic E-state index is 11.1. The molecule has 0 heterocycles. The summed E-state index contributed by atoms with van der Waals surface area (Å²) in [7, 11) is 3.14. The van der Waals surface area contributed by atoms with Crippen molar-refractivity contribution in [2.75, 3.05) is 33.9 Å². The summed E-state index contributed by atoms with van der Waals surface area (Å²) < 4.78 is 9.73. The first-order valence-corrected chi connectivity index (χ1v) is 6.08. The second-order valence-electron chi connectivity index (χ2n) is 4.75. The van der Waals surface area contributed by atoms with E-state index in [9.17, 15) is 4.79 Å². The summed E-state index contributed by atoms with van der Waals surface area (Å²) in [6, 6.07) is 0. The fourth-order valence-electron chi connectivity index (χ4n) is 1.82. The summed E-state index contributed by atoms with van der Waals surface area (Å²) in [5.74, 6) is -0.257. The minimum Gasteiger partial charge on any atom is -0.466 e. The SMILES string of the molecule is COCCC1(CNC/C=C(/C)C(=O)OC)CC1. The van der Waals surface area contributed by atoms with Crippen molar-refractivity contribution in [2.24, 2.45) is 5.41 Å². The molecule has 0 bridgehead atoms. The third kappa shape index (κ3) is 4.88. The van der Waals surface area contributed by atoms with Gasteiger partial charge >= 0.3 is 5.97 Å². The molecular formula is C13H23NO3. The first kappa shape index (κ1) is 14.2.